The Hall–Kier alpha value is -1.42. The molecule has 2 atom stereocenters. The first-order valence-corrected chi connectivity index (χ1v) is 5.83. The number of hydrogen-bond donors (Lipinski definition) is 1. The lowest BCUT2D eigenvalue weighted by molar-refractivity contribution is -0.385. The van der Waals surface area contributed by atoms with Gasteiger partial charge in [-0.15, -0.1) is 0 Å². The Bertz CT molecular complexity index is 380. The summed E-state index contributed by atoms with van der Waals surface area (Å²) < 4.78 is 0. The number of hydrogen-bond acceptors (Lipinski definition) is 3. The maximum atomic E-state index is 10.9. The second kappa shape index (κ2) is 5.77. The SMILES string of the molecule is CC(C)C(Cc1ccccc1[N+](=O)[O-])C(C)O. The van der Waals surface area contributed by atoms with Crippen molar-refractivity contribution in [1.29, 1.82) is 0 Å². The minimum Gasteiger partial charge on any atom is -0.393 e. The van der Waals surface area contributed by atoms with E-state index in [1.807, 2.05) is 13.8 Å². The van der Waals surface area contributed by atoms with E-state index in [0.717, 1.165) is 0 Å². The third kappa shape index (κ3) is 3.53. The molecule has 0 spiro atoms. The van der Waals surface area contributed by atoms with Gasteiger partial charge in [-0.3, -0.25) is 10.1 Å². The average Bonchev–Trinajstić information content (AvgIpc) is 2.25. The predicted molar refractivity (Wildman–Crippen MR) is 66.8 cm³/mol. The van der Waals surface area contributed by atoms with Gasteiger partial charge in [0.2, 0.25) is 0 Å². The number of nitro groups is 1. The smallest absolute Gasteiger partial charge is 0.272 e. The molecule has 0 heterocycles. The summed E-state index contributed by atoms with van der Waals surface area (Å²) in [7, 11) is 0. The van der Waals surface area contributed by atoms with Crippen LogP contribution in [0.25, 0.3) is 0 Å². The van der Waals surface area contributed by atoms with Gasteiger partial charge in [-0.25, -0.2) is 0 Å². The standard InChI is InChI=1S/C13H19NO3/c1-9(2)12(10(3)15)8-11-6-4-5-7-13(11)14(16)17/h4-7,9-10,12,15H,8H2,1-3H3. The van der Waals surface area contributed by atoms with Gasteiger partial charge in [0.15, 0.2) is 0 Å². The lowest BCUT2D eigenvalue weighted by Gasteiger charge is -2.23. The molecule has 1 rings (SSSR count). The molecule has 0 fully saturated rings. The van der Waals surface area contributed by atoms with Gasteiger partial charge >= 0.3 is 0 Å². The Morgan fingerprint density at radius 1 is 1.29 bits per heavy atom. The summed E-state index contributed by atoms with van der Waals surface area (Å²) in [6.07, 6.45) is 0.0711. The van der Waals surface area contributed by atoms with Crippen LogP contribution in [0, 0.1) is 22.0 Å². The Balaban J connectivity index is 2.97. The van der Waals surface area contributed by atoms with E-state index in [1.165, 1.54) is 6.07 Å². The maximum Gasteiger partial charge on any atom is 0.272 e. The van der Waals surface area contributed by atoms with Crippen molar-refractivity contribution in [1.82, 2.24) is 0 Å². The number of aliphatic hydroxyl groups excluding tert-OH is 1. The van der Waals surface area contributed by atoms with E-state index in [0.29, 0.717) is 12.0 Å². The highest BCUT2D eigenvalue weighted by Gasteiger charge is 2.23. The van der Waals surface area contributed by atoms with Crippen molar-refractivity contribution in [3.05, 3.63) is 39.9 Å². The van der Waals surface area contributed by atoms with Crippen molar-refractivity contribution < 1.29 is 10.0 Å². The molecule has 17 heavy (non-hydrogen) atoms. The first-order chi connectivity index (χ1) is 7.93. The molecule has 1 N–H and O–H groups in total. The second-order valence-corrected chi connectivity index (χ2v) is 4.74. The van der Waals surface area contributed by atoms with Gasteiger partial charge in [-0.2, -0.15) is 0 Å². The Morgan fingerprint density at radius 3 is 2.35 bits per heavy atom. The van der Waals surface area contributed by atoms with Gasteiger partial charge in [-0.05, 0) is 25.2 Å². The monoisotopic (exact) mass is 237 g/mol. The number of para-hydroxylation sites is 1. The topological polar surface area (TPSA) is 63.4 Å². The summed E-state index contributed by atoms with van der Waals surface area (Å²) in [6, 6.07) is 6.72. The van der Waals surface area contributed by atoms with Crippen molar-refractivity contribution in [2.24, 2.45) is 11.8 Å². The van der Waals surface area contributed by atoms with E-state index in [2.05, 4.69) is 0 Å². The minimum absolute atomic E-state index is 0.0381. The molecule has 0 radical (unpaired) electrons. The number of nitrogens with zero attached hydrogens (tertiary/aromatic N) is 1. The van der Waals surface area contributed by atoms with Crippen LogP contribution in [0.15, 0.2) is 24.3 Å². The highest BCUT2D eigenvalue weighted by atomic mass is 16.6. The first kappa shape index (κ1) is 13.6. The third-order valence-electron chi connectivity index (χ3n) is 3.12. The fraction of sp³-hybridized carbons (Fsp3) is 0.538. The highest BCUT2D eigenvalue weighted by molar-refractivity contribution is 5.40. The molecule has 1 aromatic carbocycles. The predicted octanol–water partition coefficient (Wildman–Crippen LogP) is 2.79. The lowest BCUT2D eigenvalue weighted by atomic mass is 9.85. The van der Waals surface area contributed by atoms with Crippen LogP contribution < -0.4 is 0 Å². The Labute approximate surface area is 101 Å². The van der Waals surface area contributed by atoms with Crippen LogP contribution >= 0.6 is 0 Å². The molecule has 0 aliphatic rings. The van der Waals surface area contributed by atoms with E-state index >= 15 is 0 Å². The molecule has 0 aromatic heterocycles. The summed E-state index contributed by atoms with van der Waals surface area (Å²) >= 11 is 0. The average molecular weight is 237 g/mol. The fourth-order valence-electron chi connectivity index (χ4n) is 2.08. The van der Waals surface area contributed by atoms with Crippen LogP contribution in [0.1, 0.15) is 26.3 Å². The minimum atomic E-state index is -0.463. The van der Waals surface area contributed by atoms with E-state index in [9.17, 15) is 15.2 Å². The number of aliphatic hydroxyl groups is 1. The zero-order chi connectivity index (χ0) is 13.0. The van der Waals surface area contributed by atoms with Crippen molar-refractivity contribution in [2.45, 2.75) is 33.3 Å². The van der Waals surface area contributed by atoms with Gasteiger partial charge in [-0.1, -0.05) is 32.0 Å². The van der Waals surface area contributed by atoms with Crippen LogP contribution in [0.5, 0.6) is 0 Å². The van der Waals surface area contributed by atoms with Crippen molar-refractivity contribution in [2.75, 3.05) is 0 Å². The molecule has 4 nitrogen and oxygen atoms in total. The number of benzene rings is 1. The molecule has 4 heteroatoms. The van der Waals surface area contributed by atoms with Crippen molar-refractivity contribution in [3.63, 3.8) is 0 Å². The molecule has 0 bridgehead atoms. The van der Waals surface area contributed by atoms with E-state index in [4.69, 9.17) is 0 Å². The molecular weight excluding hydrogens is 218 g/mol. The Morgan fingerprint density at radius 2 is 1.88 bits per heavy atom. The van der Waals surface area contributed by atoms with E-state index < -0.39 is 6.10 Å². The van der Waals surface area contributed by atoms with Crippen molar-refractivity contribution in [3.8, 4) is 0 Å². The molecule has 0 saturated carbocycles. The molecule has 94 valence electrons. The molecular formula is C13H19NO3. The summed E-state index contributed by atoms with van der Waals surface area (Å²) in [5, 5.41) is 20.6. The maximum absolute atomic E-state index is 10.9. The molecule has 0 aliphatic heterocycles. The summed E-state index contributed by atoms with van der Waals surface area (Å²) in [5.41, 5.74) is 0.830. The van der Waals surface area contributed by atoms with E-state index in [-0.39, 0.29) is 22.4 Å². The summed E-state index contributed by atoms with van der Waals surface area (Å²) in [4.78, 5) is 10.5. The molecule has 1 aromatic rings. The highest BCUT2D eigenvalue weighted by Crippen LogP contribution is 2.26. The van der Waals surface area contributed by atoms with Gasteiger partial charge in [0, 0.05) is 11.6 Å². The third-order valence-corrected chi connectivity index (χ3v) is 3.12. The molecule has 0 saturated heterocycles. The van der Waals surface area contributed by atoms with Crippen LogP contribution in [0.2, 0.25) is 0 Å². The first-order valence-electron chi connectivity index (χ1n) is 5.83. The fourth-order valence-corrected chi connectivity index (χ4v) is 2.08. The van der Waals surface area contributed by atoms with Crippen LogP contribution in [-0.4, -0.2) is 16.1 Å². The summed E-state index contributed by atoms with van der Waals surface area (Å²) in [5.74, 6) is 0.325. The number of nitro benzene ring substituents is 1. The van der Waals surface area contributed by atoms with Crippen molar-refractivity contribution >= 4 is 5.69 Å². The van der Waals surface area contributed by atoms with Crippen LogP contribution in [-0.2, 0) is 6.42 Å². The van der Waals surface area contributed by atoms with Gasteiger partial charge in [0.1, 0.15) is 0 Å². The van der Waals surface area contributed by atoms with Gasteiger partial charge in [0.05, 0.1) is 11.0 Å². The zero-order valence-electron chi connectivity index (χ0n) is 10.5. The number of rotatable bonds is 5. The van der Waals surface area contributed by atoms with Crippen LogP contribution in [0.4, 0.5) is 5.69 Å². The second-order valence-electron chi connectivity index (χ2n) is 4.74. The molecule has 0 aliphatic carbocycles. The zero-order valence-corrected chi connectivity index (χ0v) is 10.5. The van der Waals surface area contributed by atoms with Gasteiger partial charge in [0.25, 0.3) is 5.69 Å². The van der Waals surface area contributed by atoms with Gasteiger partial charge < -0.3 is 5.11 Å². The molecule has 0 amide bonds. The van der Waals surface area contributed by atoms with Crippen LogP contribution in [0.3, 0.4) is 0 Å². The normalized spacial score (nSPS) is 14.6. The lowest BCUT2D eigenvalue weighted by Crippen LogP contribution is -2.24. The Kier molecular flexibility index (Phi) is 4.63. The molecule has 2 unspecified atom stereocenters. The quantitative estimate of drug-likeness (QED) is 0.632. The van der Waals surface area contributed by atoms with E-state index in [1.54, 1.807) is 25.1 Å². The summed E-state index contributed by atoms with van der Waals surface area (Å²) in [6.45, 7) is 5.78. The largest absolute Gasteiger partial charge is 0.393 e.